The standard InChI is InChI=1S/C10H15BrS/c1-7(6-8(2)11)10-5-4-9(3)12-10/h4-5,7-8H,6H2,1-3H3. The van der Waals surface area contributed by atoms with Crippen LogP contribution in [0.4, 0.5) is 0 Å². The Morgan fingerprint density at radius 1 is 1.42 bits per heavy atom. The van der Waals surface area contributed by atoms with Crippen LogP contribution in [-0.2, 0) is 0 Å². The predicted octanol–water partition coefficient (Wildman–Crippen LogP) is 4.33. The molecule has 1 heterocycles. The minimum Gasteiger partial charge on any atom is -0.145 e. The Balaban J connectivity index is 2.58. The SMILES string of the molecule is Cc1ccc(C(C)CC(C)Br)s1. The van der Waals surface area contributed by atoms with Gasteiger partial charge in [0.1, 0.15) is 0 Å². The van der Waals surface area contributed by atoms with Crippen LogP contribution in [0.5, 0.6) is 0 Å². The maximum atomic E-state index is 3.58. The summed E-state index contributed by atoms with van der Waals surface area (Å²) in [4.78, 5) is 3.55. The Kier molecular flexibility index (Phi) is 3.78. The molecular formula is C10H15BrS. The Morgan fingerprint density at radius 2 is 2.08 bits per heavy atom. The second-order valence-electron chi connectivity index (χ2n) is 3.37. The summed E-state index contributed by atoms with van der Waals surface area (Å²) in [6, 6.07) is 4.45. The zero-order valence-electron chi connectivity index (χ0n) is 7.80. The average molecular weight is 247 g/mol. The number of halogens is 1. The minimum absolute atomic E-state index is 0.620. The van der Waals surface area contributed by atoms with Crippen molar-refractivity contribution in [2.24, 2.45) is 0 Å². The number of thiophene rings is 1. The third-order valence-corrected chi connectivity index (χ3v) is 3.53. The van der Waals surface area contributed by atoms with Crippen molar-refractivity contribution in [1.29, 1.82) is 0 Å². The molecule has 0 radical (unpaired) electrons. The van der Waals surface area contributed by atoms with E-state index < -0.39 is 0 Å². The summed E-state index contributed by atoms with van der Waals surface area (Å²) in [6.45, 7) is 6.67. The molecular weight excluding hydrogens is 232 g/mol. The van der Waals surface area contributed by atoms with E-state index in [1.807, 2.05) is 11.3 Å². The van der Waals surface area contributed by atoms with Crippen LogP contribution in [0.2, 0.25) is 0 Å². The van der Waals surface area contributed by atoms with Crippen LogP contribution in [-0.4, -0.2) is 4.83 Å². The largest absolute Gasteiger partial charge is 0.145 e. The molecule has 0 aliphatic heterocycles. The van der Waals surface area contributed by atoms with Gasteiger partial charge in [-0.2, -0.15) is 0 Å². The Morgan fingerprint density at radius 3 is 2.50 bits per heavy atom. The molecule has 0 aromatic carbocycles. The van der Waals surface area contributed by atoms with Crippen molar-refractivity contribution >= 4 is 27.3 Å². The molecule has 1 aromatic heterocycles. The number of alkyl halides is 1. The summed E-state index contributed by atoms with van der Waals surface area (Å²) in [5.74, 6) is 0.693. The van der Waals surface area contributed by atoms with E-state index in [1.165, 1.54) is 16.2 Å². The van der Waals surface area contributed by atoms with Crippen molar-refractivity contribution in [2.45, 2.75) is 37.9 Å². The van der Waals surface area contributed by atoms with Gasteiger partial charge in [-0.25, -0.2) is 0 Å². The Hall–Kier alpha value is 0.180. The van der Waals surface area contributed by atoms with Crippen molar-refractivity contribution in [3.8, 4) is 0 Å². The second-order valence-corrected chi connectivity index (χ2v) is 6.25. The van der Waals surface area contributed by atoms with Gasteiger partial charge in [0, 0.05) is 14.6 Å². The summed E-state index contributed by atoms with van der Waals surface area (Å²) in [7, 11) is 0. The lowest BCUT2D eigenvalue weighted by Crippen LogP contribution is -1.97. The van der Waals surface area contributed by atoms with Gasteiger partial charge in [0.15, 0.2) is 0 Å². The average Bonchev–Trinajstić information content (AvgIpc) is 2.34. The van der Waals surface area contributed by atoms with Crippen LogP contribution in [0.1, 0.15) is 35.9 Å². The molecule has 0 amide bonds. The fourth-order valence-electron chi connectivity index (χ4n) is 1.32. The molecule has 2 heteroatoms. The molecule has 0 fully saturated rings. The van der Waals surface area contributed by atoms with Crippen molar-refractivity contribution in [1.82, 2.24) is 0 Å². The lowest BCUT2D eigenvalue weighted by molar-refractivity contribution is 0.693. The smallest absolute Gasteiger partial charge is 0.0123 e. The highest BCUT2D eigenvalue weighted by molar-refractivity contribution is 9.09. The summed E-state index contributed by atoms with van der Waals surface area (Å²) in [5.41, 5.74) is 0. The number of hydrogen-bond acceptors (Lipinski definition) is 1. The highest BCUT2D eigenvalue weighted by Gasteiger charge is 2.09. The number of rotatable bonds is 3. The van der Waals surface area contributed by atoms with Crippen molar-refractivity contribution in [3.63, 3.8) is 0 Å². The summed E-state index contributed by atoms with van der Waals surface area (Å²) >= 11 is 5.50. The van der Waals surface area contributed by atoms with E-state index in [2.05, 4.69) is 48.8 Å². The molecule has 0 N–H and O–H groups in total. The van der Waals surface area contributed by atoms with Crippen LogP contribution in [0.15, 0.2) is 12.1 Å². The third kappa shape index (κ3) is 2.91. The molecule has 2 atom stereocenters. The fraction of sp³-hybridized carbons (Fsp3) is 0.600. The molecule has 0 aliphatic rings. The number of hydrogen-bond donors (Lipinski definition) is 0. The molecule has 1 aromatic rings. The van der Waals surface area contributed by atoms with Crippen LogP contribution >= 0.6 is 27.3 Å². The Bertz CT molecular complexity index is 240. The second kappa shape index (κ2) is 4.43. The van der Waals surface area contributed by atoms with Gasteiger partial charge < -0.3 is 0 Å². The van der Waals surface area contributed by atoms with Crippen molar-refractivity contribution in [3.05, 3.63) is 21.9 Å². The van der Waals surface area contributed by atoms with Crippen LogP contribution in [0.25, 0.3) is 0 Å². The first-order valence-electron chi connectivity index (χ1n) is 4.30. The van der Waals surface area contributed by atoms with Crippen LogP contribution < -0.4 is 0 Å². The molecule has 68 valence electrons. The predicted molar refractivity (Wildman–Crippen MR) is 60.5 cm³/mol. The zero-order chi connectivity index (χ0) is 9.14. The third-order valence-electron chi connectivity index (χ3n) is 1.93. The molecule has 2 unspecified atom stereocenters. The van der Waals surface area contributed by atoms with Gasteiger partial charge >= 0.3 is 0 Å². The molecule has 1 rings (SSSR count). The quantitative estimate of drug-likeness (QED) is 0.697. The first kappa shape index (κ1) is 10.3. The topological polar surface area (TPSA) is 0 Å². The molecule has 0 saturated heterocycles. The van der Waals surface area contributed by atoms with Crippen molar-refractivity contribution < 1.29 is 0 Å². The van der Waals surface area contributed by atoms with E-state index in [0.717, 1.165) is 0 Å². The van der Waals surface area contributed by atoms with Crippen LogP contribution in [0, 0.1) is 6.92 Å². The minimum atomic E-state index is 0.620. The summed E-state index contributed by atoms with van der Waals surface area (Å²) < 4.78 is 0. The zero-order valence-corrected chi connectivity index (χ0v) is 10.2. The molecule has 0 aliphatic carbocycles. The molecule has 12 heavy (non-hydrogen) atoms. The van der Waals surface area contributed by atoms with Gasteiger partial charge in [-0.15, -0.1) is 11.3 Å². The normalized spacial score (nSPS) is 16.0. The first-order chi connectivity index (χ1) is 5.59. The first-order valence-corrected chi connectivity index (χ1v) is 6.03. The van der Waals surface area contributed by atoms with E-state index >= 15 is 0 Å². The molecule has 0 spiro atoms. The monoisotopic (exact) mass is 246 g/mol. The molecule has 0 saturated carbocycles. The van der Waals surface area contributed by atoms with Gasteiger partial charge in [0.05, 0.1) is 0 Å². The lowest BCUT2D eigenvalue weighted by Gasteiger charge is -2.10. The van der Waals surface area contributed by atoms with Gasteiger partial charge in [-0.05, 0) is 31.4 Å². The lowest BCUT2D eigenvalue weighted by atomic mass is 10.0. The van der Waals surface area contributed by atoms with Gasteiger partial charge in [0.25, 0.3) is 0 Å². The van der Waals surface area contributed by atoms with Gasteiger partial charge in [-0.3, -0.25) is 0 Å². The fourth-order valence-corrected chi connectivity index (χ4v) is 2.82. The highest BCUT2D eigenvalue weighted by Crippen LogP contribution is 2.28. The van der Waals surface area contributed by atoms with E-state index in [0.29, 0.717) is 10.7 Å². The van der Waals surface area contributed by atoms with E-state index in [4.69, 9.17) is 0 Å². The maximum Gasteiger partial charge on any atom is 0.0123 e. The van der Waals surface area contributed by atoms with Gasteiger partial charge in [-0.1, -0.05) is 29.8 Å². The van der Waals surface area contributed by atoms with Crippen LogP contribution in [0.3, 0.4) is 0 Å². The Labute approximate surface area is 87.1 Å². The maximum absolute atomic E-state index is 3.58. The van der Waals surface area contributed by atoms with Gasteiger partial charge in [0.2, 0.25) is 0 Å². The van der Waals surface area contributed by atoms with E-state index in [9.17, 15) is 0 Å². The number of aryl methyl sites for hydroxylation is 1. The molecule has 0 nitrogen and oxygen atoms in total. The van der Waals surface area contributed by atoms with E-state index in [-0.39, 0.29) is 0 Å². The summed E-state index contributed by atoms with van der Waals surface area (Å²) in [6.07, 6.45) is 1.22. The molecule has 0 bridgehead atoms. The highest BCUT2D eigenvalue weighted by atomic mass is 79.9. The van der Waals surface area contributed by atoms with E-state index in [1.54, 1.807) is 0 Å². The summed E-state index contributed by atoms with van der Waals surface area (Å²) in [5, 5.41) is 0. The van der Waals surface area contributed by atoms with Crippen molar-refractivity contribution in [2.75, 3.05) is 0 Å².